The summed E-state index contributed by atoms with van der Waals surface area (Å²) < 4.78 is 0. The molecule has 1 fully saturated rings. The van der Waals surface area contributed by atoms with E-state index in [1.807, 2.05) is 11.0 Å². The van der Waals surface area contributed by atoms with Gasteiger partial charge in [0.15, 0.2) is 5.96 Å². The summed E-state index contributed by atoms with van der Waals surface area (Å²) in [5.74, 6) is 1.04. The monoisotopic (exact) mass is 372 g/mol. The molecule has 0 radical (unpaired) electrons. The van der Waals surface area contributed by atoms with E-state index in [4.69, 9.17) is 0 Å². The minimum Gasteiger partial charge on any atom is -0.357 e. The summed E-state index contributed by atoms with van der Waals surface area (Å²) in [6, 6.07) is 11.2. The molecular formula is C22H36N4O. The van der Waals surface area contributed by atoms with E-state index < -0.39 is 0 Å². The molecule has 0 aromatic heterocycles. The zero-order chi connectivity index (χ0) is 19.5. The molecule has 1 heterocycles. The number of aliphatic imine (C=N–C) groups is 1. The first-order chi connectivity index (χ1) is 13.1. The Morgan fingerprint density at radius 1 is 1.30 bits per heavy atom. The Balaban J connectivity index is 1.77. The highest BCUT2D eigenvalue weighted by molar-refractivity contribution is 5.81. The second-order valence-electron chi connectivity index (χ2n) is 7.51. The van der Waals surface area contributed by atoms with Crippen LogP contribution in [0.3, 0.4) is 0 Å². The number of benzene rings is 1. The highest BCUT2D eigenvalue weighted by Gasteiger charge is 2.22. The molecule has 1 aromatic rings. The van der Waals surface area contributed by atoms with Crippen LogP contribution in [0, 0.1) is 0 Å². The number of piperidine rings is 1. The van der Waals surface area contributed by atoms with E-state index in [2.05, 4.69) is 60.7 Å². The van der Waals surface area contributed by atoms with E-state index in [0.717, 1.165) is 44.7 Å². The summed E-state index contributed by atoms with van der Waals surface area (Å²) in [6.45, 7) is 8.64. The molecule has 2 unspecified atom stereocenters. The van der Waals surface area contributed by atoms with Gasteiger partial charge in [-0.15, -0.1) is 0 Å². The number of nitrogens with one attached hydrogen (secondary N) is 2. The number of nitrogens with zero attached hydrogens (tertiary/aromatic N) is 2. The first kappa shape index (κ1) is 21.3. The zero-order valence-corrected chi connectivity index (χ0v) is 17.2. The third-order valence-electron chi connectivity index (χ3n) is 5.16. The van der Waals surface area contributed by atoms with Crippen molar-refractivity contribution in [3.63, 3.8) is 0 Å². The van der Waals surface area contributed by atoms with Crippen LogP contribution in [-0.4, -0.2) is 48.5 Å². The third kappa shape index (κ3) is 7.61. The molecule has 0 aliphatic carbocycles. The van der Waals surface area contributed by atoms with Crippen LogP contribution in [0.1, 0.15) is 58.4 Å². The van der Waals surface area contributed by atoms with Crippen LogP contribution in [0.5, 0.6) is 0 Å². The highest BCUT2D eigenvalue weighted by Crippen LogP contribution is 2.17. The molecule has 1 aromatic carbocycles. The van der Waals surface area contributed by atoms with E-state index in [1.165, 1.54) is 12.0 Å². The lowest BCUT2D eigenvalue weighted by Crippen LogP contribution is -2.43. The van der Waals surface area contributed by atoms with E-state index in [0.29, 0.717) is 25.0 Å². The van der Waals surface area contributed by atoms with Gasteiger partial charge < -0.3 is 15.5 Å². The average molecular weight is 373 g/mol. The second-order valence-corrected chi connectivity index (χ2v) is 7.51. The number of aryl methyl sites for hydroxylation is 1. The van der Waals surface area contributed by atoms with Crippen molar-refractivity contribution in [3.05, 3.63) is 35.9 Å². The molecular weight excluding hydrogens is 336 g/mol. The number of hydrogen-bond donors (Lipinski definition) is 2. The first-order valence-electron chi connectivity index (χ1n) is 10.5. The van der Waals surface area contributed by atoms with Crippen LogP contribution < -0.4 is 10.6 Å². The van der Waals surface area contributed by atoms with Crippen molar-refractivity contribution in [3.8, 4) is 0 Å². The average Bonchev–Trinajstić information content (AvgIpc) is 2.67. The highest BCUT2D eigenvalue weighted by atomic mass is 16.2. The molecule has 1 aliphatic rings. The van der Waals surface area contributed by atoms with Gasteiger partial charge in [-0.2, -0.15) is 0 Å². The molecule has 0 saturated carbocycles. The molecule has 0 bridgehead atoms. The van der Waals surface area contributed by atoms with Gasteiger partial charge in [0, 0.05) is 31.6 Å². The summed E-state index contributed by atoms with van der Waals surface area (Å²) in [5.41, 5.74) is 1.36. The number of rotatable bonds is 8. The van der Waals surface area contributed by atoms with Crippen molar-refractivity contribution in [2.24, 2.45) is 4.99 Å². The first-order valence-corrected chi connectivity index (χ1v) is 10.5. The Hall–Kier alpha value is -2.04. The fourth-order valence-electron chi connectivity index (χ4n) is 3.53. The van der Waals surface area contributed by atoms with Crippen molar-refractivity contribution in [2.75, 3.05) is 19.6 Å². The Morgan fingerprint density at radius 2 is 2.07 bits per heavy atom. The molecule has 1 amide bonds. The minimum atomic E-state index is 0.235. The van der Waals surface area contributed by atoms with Gasteiger partial charge in [0.25, 0.3) is 0 Å². The van der Waals surface area contributed by atoms with Gasteiger partial charge in [-0.05, 0) is 58.4 Å². The van der Waals surface area contributed by atoms with Gasteiger partial charge in [-0.1, -0.05) is 30.3 Å². The second kappa shape index (κ2) is 11.6. The lowest BCUT2D eigenvalue weighted by atomic mass is 10.0. The maximum Gasteiger partial charge on any atom is 0.224 e. The summed E-state index contributed by atoms with van der Waals surface area (Å²) in [4.78, 5) is 19.1. The molecule has 0 spiro atoms. The van der Waals surface area contributed by atoms with Crippen LogP contribution >= 0.6 is 0 Å². The topological polar surface area (TPSA) is 56.7 Å². The molecule has 5 nitrogen and oxygen atoms in total. The summed E-state index contributed by atoms with van der Waals surface area (Å²) in [6.07, 6.45) is 6.05. The fraction of sp³-hybridized carbons (Fsp3) is 0.636. The number of carbonyl (C=O) groups is 1. The van der Waals surface area contributed by atoms with Crippen molar-refractivity contribution < 1.29 is 4.79 Å². The van der Waals surface area contributed by atoms with Crippen molar-refractivity contribution in [1.82, 2.24) is 15.5 Å². The number of likely N-dealkylation sites (tertiary alicyclic amines) is 1. The summed E-state index contributed by atoms with van der Waals surface area (Å²) in [5, 5.41) is 6.75. The van der Waals surface area contributed by atoms with Crippen molar-refractivity contribution >= 4 is 11.9 Å². The van der Waals surface area contributed by atoms with E-state index in [1.54, 1.807) is 0 Å². The van der Waals surface area contributed by atoms with Gasteiger partial charge in [0.1, 0.15) is 0 Å². The standard InChI is InChI=1S/C22H36N4O/c1-4-23-22(25-18(2)13-14-20-11-6-5-7-12-20)24-16-15-21(27)26-17-9-8-10-19(26)3/h5-7,11-12,18-19H,4,8-10,13-17H2,1-3H3,(H2,23,24,25). The Morgan fingerprint density at radius 3 is 2.78 bits per heavy atom. The largest absolute Gasteiger partial charge is 0.357 e. The van der Waals surface area contributed by atoms with Crippen LogP contribution in [0.15, 0.2) is 35.3 Å². The Kier molecular flexibility index (Phi) is 9.16. The van der Waals surface area contributed by atoms with E-state index >= 15 is 0 Å². The van der Waals surface area contributed by atoms with Crippen molar-refractivity contribution in [1.29, 1.82) is 0 Å². The molecule has 2 rings (SSSR count). The molecule has 1 aliphatic heterocycles. The van der Waals surface area contributed by atoms with Crippen LogP contribution in [-0.2, 0) is 11.2 Å². The molecule has 2 N–H and O–H groups in total. The summed E-state index contributed by atoms with van der Waals surface area (Å²) >= 11 is 0. The molecule has 5 heteroatoms. The molecule has 2 atom stereocenters. The Bertz CT molecular complexity index is 587. The normalized spacial score (nSPS) is 18.9. The zero-order valence-electron chi connectivity index (χ0n) is 17.2. The van der Waals surface area contributed by atoms with Crippen molar-refractivity contribution in [2.45, 2.75) is 71.4 Å². The predicted octanol–water partition coefficient (Wildman–Crippen LogP) is 3.35. The van der Waals surface area contributed by atoms with Gasteiger partial charge in [0.05, 0.1) is 6.54 Å². The van der Waals surface area contributed by atoms with Gasteiger partial charge in [-0.3, -0.25) is 9.79 Å². The molecule has 27 heavy (non-hydrogen) atoms. The number of amides is 1. The molecule has 1 saturated heterocycles. The summed E-state index contributed by atoms with van der Waals surface area (Å²) in [7, 11) is 0. The van der Waals surface area contributed by atoms with Gasteiger partial charge in [-0.25, -0.2) is 0 Å². The predicted molar refractivity (Wildman–Crippen MR) is 113 cm³/mol. The van der Waals surface area contributed by atoms with Gasteiger partial charge >= 0.3 is 0 Å². The number of hydrogen-bond acceptors (Lipinski definition) is 2. The Labute approximate surface area is 164 Å². The van der Waals surface area contributed by atoms with E-state index in [9.17, 15) is 4.79 Å². The quantitative estimate of drug-likeness (QED) is 0.543. The van der Waals surface area contributed by atoms with Crippen LogP contribution in [0.4, 0.5) is 0 Å². The maximum atomic E-state index is 12.4. The van der Waals surface area contributed by atoms with Gasteiger partial charge in [0.2, 0.25) is 5.91 Å². The minimum absolute atomic E-state index is 0.235. The van der Waals surface area contributed by atoms with E-state index in [-0.39, 0.29) is 5.91 Å². The number of carbonyl (C=O) groups excluding carboxylic acids is 1. The lowest BCUT2D eigenvalue weighted by molar-refractivity contribution is -0.134. The van der Waals surface area contributed by atoms with Crippen LogP contribution in [0.25, 0.3) is 0 Å². The fourth-order valence-corrected chi connectivity index (χ4v) is 3.53. The SMILES string of the molecule is CCNC(=NCCC(=O)N1CCCCC1C)NC(C)CCc1ccccc1. The number of guanidine groups is 1. The smallest absolute Gasteiger partial charge is 0.224 e. The molecule has 150 valence electrons. The third-order valence-corrected chi connectivity index (χ3v) is 5.16. The maximum absolute atomic E-state index is 12.4. The lowest BCUT2D eigenvalue weighted by Gasteiger charge is -2.33. The van der Waals surface area contributed by atoms with Crippen LogP contribution in [0.2, 0.25) is 0 Å².